The summed E-state index contributed by atoms with van der Waals surface area (Å²) >= 11 is 3.45. The molecule has 3 rings (SSSR count). The quantitative estimate of drug-likeness (QED) is 0.856. The van der Waals surface area contributed by atoms with E-state index in [0.29, 0.717) is 18.8 Å². The molecule has 1 aliphatic heterocycles. The molecule has 0 spiro atoms. The summed E-state index contributed by atoms with van der Waals surface area (Å²) in [5.41, 5.74) is 6.46. The molecule has 1 amide bonds. The van der Waals surface area contributed by atoms with Crippen LogP contribution in [0.15, 0.2) is 23.3 Å². The Bertz CT molecular complexity index is 670. The van der Waals surface area contributed by atoms with Crippen LogP contribution in [-0.4, -0.2) is 25.4 Å². The van der Waals surface area contributed by atoms with Gasteiger partial charge in [0.2, 0.25) is 5.91 Å². The molecule has 2 aromatic rings. The van der Waals surface area contributed by atoms with Crippen LogP contribution >= 0.6 is 15.9 Å². The summed E-state index contributed by atoms with van der Waals surface area (Å²) < 4.78 is 3.05. The molecule has 2 aromatic heterocycles. The van der Waals surface area contributed by atoms with Gasteiger partial charge in [0.05, 0.1) is 6.20 Å². The number of carbonyl (C=O) groups is 1. The predicted molar refractivity (Wildman–Crippen MR) is 80.0 cm³/mol. The average Bonchev–Trinajstić information content (AvgIpc) is 2.87. The lowest BCUT2D eigenvalue weighted by Crippen LogP contribution is -2.35. The van der Waals surface area contributed by atoms with Crippen LogP contribution in [0, 0.1) is 5.92 Å². The largest absolute Gasteiger partial charge is 0.383 e. The molecule has 0 saturated carbocycles. The third-order valence-corrected chi connectivity index (χ3v) is 4.30. The SMILES string of the molecule is Nc1ncncc1CNC(=O)C1CCn2c(Br)cnc2C1. The van der Waals surface area contributed by atoms with Crippen LogP contribution in [-0.2, 0) is 24.3 Å². The normalized spacial score (nSPS) is 17.3. The fourth-order valence-corrected chi connectivity index (χ4v) is 2.94. The first kappa shape index (κ1) is 14.0. The standard InChI is InChI=1S/C13H15BrN6O/c14-10-6-17-11-3-8(1-2-20(10)11)13(21)18-5-9-4-16-7-19-12(9)15/h4,6-8H,1-3,5H2,(H,18,21)(H2,15,16,19). The van der Waals surface area contributed by atoms with E-state index in [0.717, 1.165) is 29.0 Å². The van der Waals surface area contributed by atoms with Crippen LogP contribution in [0.4, 0.5) is 5.82 Å². The summed E-state index contributed by atoms with van der Waals surface area (Å²) in [6, 6.07) is 0. The van der Waals surface area contributed by atoms with Crippen LogP contribution < -0.4 is 11.1 Å². The molecule has 7 nitrogen and oxygen atoms in total. The summed E-state index contributed by atoms with van der Waals surface area (Å²) in [5, 5.41) is 2.90. The Morgan fingerprint density at radius 1 is 1.48 bits per heavy atom. The van der Waals surface area contributed by atoms with Gasteiger partial charge in [0.1, 0.15) is 22.6 Å². The minimum Gasteiger partial charge on any atom is -0.383 e. The van der Waals surface area contributed by atoms with Crippen LogP contribution in [0.1, 0.15) is 17.8 Å². The number of halogens is 1. The molecule has 0 aromatic carbocycles. The van der Waals surface area contributed by atoms with Gasteiger partial charge in [-0.1, -0.05) is 0 Å². The Kier molecular flexibility index (Phi) is 3.87. The Hall–Kier alpha value is -1.96. The summed E-state index contributed by atoms with van der Waals surface area (Å²) in [4.78, 5) is 24.4. The zero-order valence-corrected chi connectivity index (χ0v) is 12.9. The first-order valence-corrected chi connectivity index (χ1v) is 7.46. The summed E-state index contributed by atoms with van der Waals surface area (Å²) in [6.07, 6.45) is 6.23. The van der Waals surface area contributed by atoms with Gasteiger partial charge in [-0.3, -0.25) is 4.79 Å². The summed E-state index contributed by atoms with van der Waals surface area (Å²) in [6.45, 7) is 1.14. The molecule has 21 heavy (non-hydrogen) atoms. The minimum atomic E-state index is -0.0577. The van der Waals surface area contributed by atoms with Crippen LogP contribution in [0.25, 0.3) is 0 Å². The first-order valence-electron chi connectivity index (χ1n) is 6.67. The Morgan fingerprint density at radius 2 is 2.33 bits per heavy atom. The number of aromatic nitrogens is 4. The highest BCUT2D eigenvalue weighted by molar-refractivity contribution is 9.10. The first-order chi connectivity index (χ1) is 10.1. The number of carbonyl (C=O) groups excluding carboxylic acids is 1. The second-order valence-electron chi connectivity index (χ2n) is 4.99. The van der Waals surface area contributed by atoms with Gasteiger partial charge in [-0.05, 0) is 22.4 Å². The number of nitrogen functional groups attached to an aromatic ring is 1. The molecule has 3 N–H and O–H groups in total. The molecule has 0 radical (unpaired) electrons. The van der Waals surface area contributed by atoms with E-state index in [1.807, 2.05) is 0 Å². The highest BCUT2D eigenvalue weighted by Crippen LogP contribution is 2.24. The maximum Gasteiger partial charge on any atom is 0.223 e. The number of anilines is 1. The topological polar surface area (TPSA) is 98.7 Å². The number of imidazole rings is 1. The van der Waals surface area contributed by atoms with Crippen molar-refractivity contribution in [2.45, 2.75) is 25.9 Å². The number of nitrogens with two attached hydrogens (primary N) is 1. The average molecular weight is 351 g/mol. The number of hydrogen-bond donors (Lipinski definition) is 2. The predicted octanol–water partition coefficient (Wildman–Crippen LogP) is 0.897. The van der Waals surface area contributed by atoms with Crippen LogP contribution in [0.2, 0.25) is 0 Å². The monoisotopic (exact) mass is 350 g/mol. The summed E-state index contributed by atoms with van der Waals surface area (Å²) in [7, 11) is 0. The lowest BCUT2D eigenvalue weighted by molar-refractivity contribution is -0.125. The van der Waals surface area contributed by atoms with E-state index in [9.17, 15) is 4.79 Å². The van der Waals surface area contributed by atoms with Gasteiger partial charge in [-0.2, -0.15) is 0 Å². The van der Waals surface area contributed by atoms with E-state index < -0.39 is 0 Å². The molecule has 0 aliphatic carbocycles. The molecular formula is C13H15BrN6O. The Labute approximate surface area is 130 Å². The van der Waals surface area contributed by atoms with Gasteiger partial charge < -0.3 is 15.6 Å². The lowest BCUT2D eigenvalue weighted by Gasteiger charge is -2.23. The maximum atomic E-state index is 12.3. The molecular weight excluding hydrogens is 336 g/mol. The molecule has 1 aliphatic rings. The van der Waals surface area contributed by atoms with Gasteiger partial charge in [0, 0.05) is 37.2 Å². The van der Waals surface area contributed by atoms with E-state index in [2.05, 4.69) is 40.8 Å². The van der Waals surface area contributed by atoms with Crippen molar-refractivity contribution in [2.75, 3.05) is 5.73 Å². The number of nitrogens with one attached hydrogen (secondary N) is 1. The van der Waals surface area contributed by atoms with Crippen molar-refractivity contribution >= 4 is 27.7 Å². The van der Waals surface area contributed by atoms with Crippen molar-refractivity contribution in [2.24, 2.45) is 5.92 Å². The second-order valence-corrected chi connectivity index (χ2v) is 5.80. The Morgan fingerprint density at radius 3 is 3.14 bits per heavy atom. The number of fused-ring (bicyclic) bond motifs is 1. The highest BCUT2D eigenvalue weighted by Gasteiger charge is 2.26. The number of hydrogen-bond acceptors (Lipinski definition) is 5. The molecule has 1 atom stereocenters. The smallest absolute Gasteiger partial charge is 0.223 e. The number of amides is 1. The zero-order valence-electron chi connectivity index (χ0n) is 11.3. The fraction of sp³-hybridized carbons (Fsp3) is 0.385. The lowest BCUT2D eigenvalue weighted by atomic mass is 9.97. The zero-order chi connectivity index (χ0) is 14.8. The highest BCUT2D eigenvalue weighted by atomic mass is 79.9. The fourth-order valence-electron chi connectivity index (χ4n) is 2.45. The van der Waals surface area contributed by atoms with Crippen molar-refractivity contribution in [3.8, 4) is 0 Å². The van der Waals surface area contributed by atoms with Gasteiger partial charge in [0.25, 0.3) is 0 Å². The molecule has 0 saturated heterocycles. The molecule has 8 heteroatoms. The second kappa shape index (κ2) is 5.80. The van der Waals surface area contributed by atoms with E-state index in [1.165, 1.54) is 6.33 Å². The van der Waals surface area contributed by atoms with Gasteiger partial charge >= 0.3 is 0 Å². The van der Waals surface area contributed by atoms with E-state index in [4.69, 9.17) is 5.73 Å². The van der Waals surface area contributed by atoms with Crippen LogP contribution in [0.5, 0.6) is 0 Å². The summed E-state index contributed by atoms with van der Waals surface area (Å²) in [5.74, 6) is 1.30. The van der Waals surface area contributed by atoms with Crippen molar-refractivity contribution in [1.29, 1.82) is 0 Å². The van der Waals surface area contributed by atoms with Crippen molar-refractivity contribution in [1.82, 2.24) is 24.8 Å². The third-order valence-electron chi connectivity index (χ3n) is 3.67. The van der Waals surface area contributed by atoms with Gasteiger partial charge in [-0.25, -0.2) is 15.0 Å². The van der Waals surface area contributed by atoms with Crippen molar-refractivity contribution in [3.63, 3.8) is 0 Å². The third kappa shape index (κ3) is 2.90. The van der Waals surface area contributed by atoms with E-state index in [1.54, 1.807) is 12.4 Å². The molecule has 0 bridgehead atoms. The number of rotatable bonds is 3. The van der Waals surface area contributed by atoms with Crippen LogP contribution in [0.3, 0.4) is 0 Å². The minimum absolute atomic E-state index is 0.0172. The maximum absolute atomic E-state index is 12.3. The van der Waals surface area contributed by atoms with Gasteiger partial charge in [-0.15, -0.1) is 0 Å². The van der Waals surface area contributed by atoms with Crippen molar-refractivity contribution in [3.05, 3.63) is 34.7 Å². The number of nitrogens with zero attached hydrogens (tertiary/aromatic N) is 4. The molecule has 1 unspecified atom stereocenters. The van der Waals surface area contributed by atoms with E-state index >= 15 is 0 Å². The Balaban J connectivity index is 1.61. The van der Waals surface area contributed by atoms with Gasteiger partial charge in [0.15, 0.2) is 0 Å². The molecule has 3 heterocycles. The molecule has 110 valence electrons. The molecule has 0 fully saturated rings. The van der Waals surface area contributed by atoms with E-state index in [-0.39, 0.29) is 11.8 Å². The van der Waals surface area contributed by atoms with Crippen molar-refractivity contribution < 1.29 is 4.79 Å².